The number of carbonyl (C=O) groups is 3. The SMILES string of the molecule is CCCCC/C=C\C/C=C\CCCCCCCC(=O)OC(COC(=O)CCCCCCCCCC)COC(=O)CCCCCCCCCCC/C=C\CCCCCCCCCC. The summed E-state index contributed by atoms with van der Waals surface area (Å²) in [6, 6.07) is 0. The maximum absolute atomic E-state index is 12.8. The molecule has 0 aromatic heterocycles. The van der Waals surface area contributed by atoms with Crippen molar-refractivity contribution in [1.29, 1.82) is 0 Å². The molecule has 362 valence electrons. The standard InChI is InChI=1S/C56H102O6/c1-4-7-10-13-16-19-21-23-25-26-27-28-29-30-32-33-35-37-40-43-46-49-55(58)61-52-53(51-60-54(57)48-45-42-39-18-15-12-9-6-3)62-56(59)50-47-44-41-38-36-34-31-24-22-20-17-14-11-8-5-2/h17,20,24,26-27,31,53H,4-16,18-19,21-23,25,28-30,32-52H2,1-3H3/b20-17-,27-26-,31-24-. The Hall–Kier alpha value is -2.37. The third-order valence-corrected chi connectivity index (χ3v) is 11.9. The van der Waals surface area contributed by atoms with Crippen molar-refractivity contribution in [1.82, 2.24) is 0 Å². The maximum atomic E-state index is 12.8. The Bertz CT molecular complexity index is 1050. The number of allylic oxidation sites excluding steroid dienone is 6. The van der Waals surface area contributed by atoms with E-state index in [0.717, 1.165) is 83.5 Å². The van der Waals surface area contributed by atoms with Crippen molar-refractivity contribution in [3.05, 3.63) is 36.5 Å². The Morgan fingerprint density at radius 3 is 0.935 bits per heavy atom. The molecule has 0 heterocycles. The summed E-state index contributed by atoms with van der Waals surface area (Å²) in [6.07, 6.45) is 60.0. The third-order valence-electron chi connectivity index (χ3n) is 11.9. The van der Waals surface area contributed by atoms with Crippen LogP contribution >= 0.6 is 0 Å². The largest absolute Gasteiger partial charge is 0.462 e. The first-order valence-electron chi connectivity index (χ1n) is 27.0. The zero-order valence-corrected chi connectivity index (χ0v) is 41.4. The second kappa shape index (κ2) is 51.3. The van der Waals surface area contributed by atoms with Crippen molar-refractivity contribution in [3.63, 3.8) is 0 Å². The summed E-state index contributed by atoms with van der Waals surface area (Å²) < 4.78 is 16.8. The lowest BCUT2D eigenvalue weighted by Crippen LogP contribution is -2.30. The molecule has 0 aliphatic rings. The molecule has 0 aliphatic heterocycles. The van der Waals surface area contributed by atoms with Gasteiger partial charge in [-0.25, -0.2) is 0 Å². The quantitative estimate of drug-likeness (QED) is 0.0262. The van der Waals surface area contributed by atoms with Crippen molar-refractivity contribution in [3.8, 4) is 0 Å². The third kappa shape index (κ3) is 48.7. The van der Waals surface area contributed by atoms with Gasteiger partial charge < -0.3 is 14.2 Å². The fraction of sp³-hybridized carbons (Fsp3) is 0.839. The summed E-state index contributed by atoms with van der Waals surface area (Å²) in [5.74, 6) is -0.886. The molecule has 1 atom stereocenters. The number of rotatable bonds is 49. The van der Waals surface area contributed by atoms with Gasteiger partial charge in [-0.05, 0) is 77.0 Å². The van der Waals surface area contributed by atoms with E-state index in [2.05, 4.69) is 57.2 Å². The van der Waals surface area contributed by atoms with Gasteiger partial charge in [0.15, 0.2) is 6.10 Å². The minimum atomic E-state index is -0.775. The minimum absolute atomic E-state index is 0.0763. The lowest BCUT2D eigenvalue weighted by atomic mass is 10.1. The van der Waals surface area contributed by atoms with Crippen molar-refractivity contribution >= 4 is 17.9 Å². The highest BCUT2D eigenvalue weighted by molar-refractivity contribution is 5.71. The van der Waals surface area contributed by atoms with E-state index in [9.17, 15) is 14.4 Å². The predicted molar refractivity (Wildman–Crippen MR) is 266 cm³/mol. The molecule has 0 rings (SSSR count). The monoisotopic (exact) mass is 871 g/mol. The van der Waals surface area contributed by atoms with E-state index in [1.54, 1.807) is 0 Å². The summed E-state index contributed by atoms with van der Waals surface area (Å²) in [5, 5.41) is 0. The zero-order chi connectivity index (χ0) is 45.1. The topological polar surface area (TPSA) is 78.9 Å². The van der Waals surface area contributed by atoms with Gasteiger partial charge in [0.1, 0.15) is 13.2 Å². The number of hydrogen-bond donors (Lipinski definition) is 0. The number of ether oxygens (including phenoxy) is 3. The summed E-state index contributed by atoms with van der Waals surface area (Å²) in [7, 11) is 0. The number of hydrogen-bond acceptors (Lipinski definition) is 6. The van der Waals surface area contributed by atoms with Crippen LogP contribution < -0.4 is 0 Å². The first kappa shape index (κ1) is 59.6. The zero-order valence-electron chi connectivity index (χ0n) is 41.4. The van der Waals surface area contributed by atoms with Gasteiger partial charge in [-0.15, -0.1) is 0 Å². The van der Waals surface area contributed by atoms with Crippen LogP contribution in [0.5, 0.6) is 0 Å². The average Bonchev–Trinajstić information content (AvgIpc) is 3.27. The van der Waals surface area contributed by atoms with Gasteiger partial charge in [0.25, 0.3) is 0 Å². The van der Waals surface area contributed by atoms with Gasteiger partial charge >= 0.3 is 17.9 Å². The second-order valence-corrected chi connectivity index (χ2v) is 18.1. The molecule has 0 amide bonds. The highest BCUT2D eigenvalue weighted by atomic mass is 16.6. The van der Waals surface area contributed by atoms with Crippen LogP contribution in [0.3, 0.4) is 0 Å². The van der Waals surface area contributed by atoms with Crippen molar-refractivity contribution in [2.75, 3.05) is 13.2 Å². The molecular weight excluding hydrogens is 769 g/mol. The molecule has 0 radical (unpaired) electrons. The van der Waals surface area contributed by atoms with Crippen LogP contribution in [0.1, 0.15) is 284 Å². The fourth-order valence-corrected chi connectivity index (χ4v) is 7.76. The Labute approximate surface area is 385 Å². The number of carbonyl (C=O) groups excluding carboxylic acids is 3. The van der Waals surface area contributed by atoms with Gasteiger partial charge in [0.05, 0.1) is 0 Å². The molecule has 6 heteroatoms. The molecule has 0 aliphatic carbocycles. The molecule has 62 heavy (non-hydrogen) atoms. The second-order valence-electron chi connectivity index (χ2n) is 18.1. The van der Waals surface area contributed by atoms with Crippen LogP contribution in [-0.4, -0.2) is 37.2 Å². The molecule has 0 aromatic rings. The van der Waals surface area contributed by atoms with Gasteiger partial charge in [0.2, 0.25) is 0 Å². The van der Waals surface area contributed by atoms with E-state index in [4.69, 9.17) is 14.2 Å². The van der Waals surface area contributed by atoms with Crippen molar-refractivity contribution in [2.24, 2.45) is 0 Å². The predicted octanol–water partition coefficient (Wildman–Crippen LogP) is 17.7. The van der Waals surface area contributed by atoms with E-state index in [1.165, 1.54) is 161 Å². The molecule has 0 N–H and O–H groups in total. The van der Waals surface area contributed by atoms with Gasteiger partial charge in [-0.1, -0.05) is 224 Å². The maximum Gasteiger partial charge on any atom is 0.306 e. The van der Waals surface area contributed by atoms with E-state index in [-0.39, 0.29) is 31.1 Å². The van der Waals surface area contributed by atoms with E-state index >= 15 is 0 Å². The summed E-state index contributed by atoms with van der Waals surface area (Å²) >= 11 is 0. The average molecular weight is 871 g/mol. The Morgan fingerprint density at radius 2 is 0.581 bits per heavy atom. The smallest absolute Gasteiger partial charge is 0.306 e. The summed E-state index contributed by atoms with van der Waals surface area (Å²) in [6.45, 7) is 6.59. The van der Waals surface area contributed by atoms with Gasteiger partial charge in [-0.3, -0.25) is 14.4 Å². The van der Waals surface area contributed by atoms with Crippen molar-refractivity contribution < 1.29 is 28.6 Å². The highest BCUT2D eigenvalue weighted by Gasteiger charge is 2.19. The van der Waals surface area contributed by atoms with Crippen LogP contribution in [0.25, 0.3) is 0 Å². The van der Waals surface area contributed by atoms with Crippen LogP contribution in [0.2, 0.25) is 0 Å². The number of esters is 3. The molecule has 0 spiro atoms. The van der Waals surface area contributed by atoms with Crippen molar-refractivity contribution in [2.45, 2.75) is 290 Å². The Morgan fingerprint density at radius 1 is 0.323 bits per heavy atom. The van der Waals surface area contributed by atoms with Gasteiger partial charge in [0, 0.05) is 19.3 Å². The van der Waals surface area contributed by atoms with E-state index in [1.807, 2.05) is 0 Å². The molecule has 1 unspecified atom stereocenters. The molecule has 0 bridgehead atoms. The lowest BCUT2D eigenvalue weighted by molar-refractivity contribution is -0.167. The van der Waals surface area contributed by atoms with Crippen LogP contribution in [0, 0.1) is 0 Å². The summed E-state index contributed by atoms with van der Waals surface area (Å²) in [5.41, 5.74) is 0. The highest BCUT2D eigenvalue weighted by Crippen LogP contribution is 2.15. The molecule has 6 nitrogen and oxygen atoms in total. The van der Waals surface area contributed by atoms with Crippen LogP contribution in [0.15, 0.2) is 36.5 Å². The molecule has 0 aromatic carbocycles. The molecule has 0 saturated heterocycles. The lowest BCUT2D eigenvalue weighted by Gasteiger charge is -2.18. The van der Waals surface area contributed by atoms with E-state index < -0.39 is 6.10 Å². The van der Waals surface area contributed by atoms with Crippen LogP contribution in [0.4, 0.5) is 0 Å². The molecular formula is C56H102O6. The minimum Gasteiger partial charge on any atom is -0.462 e. The normalized spacial score (nSPS) is 12.2. The number of unbranched alkanes of at least 4 members (excludes halogenated alkanes) is 32. The van der Waals surface area contributed by atoms with Gasteiger partial charge in [-0.2, -0.15) is 0 Å². The van der Waals surface area contributed by atoms with Crippen LogP contribution in [-0.2, 0) is 28.6 Å². The Kier molecular flexibility index (Phi) is 49.3. The summed E-state index contributed by atoms with van der Waals surface area (Å²) in [4.78, 5) is 37.9. The first-order valence-corrected chi connectivity index (χ1v) is 27.0. The molecule has 0 fully saturated rings. The van der Waals surface area contributed by atoms with E-state index in [0.29, 0.717) is 19.3 Å². The molecule has 0 saturated carbocycles. The first-order chi connectivity index (χ1) is 30.5. The Balaban J connectivity index is 4.23. The fourth-order valence-electron chi connectivity index (χ4n) is 7.76.